The molecule has 1 aromatic carbocycles. The molecule has 26 heavy (non-hydrogen) atoms. The lowest BCUT2D eigenvalue weighted by Crippen LogP contribution is -2.01. The zero-order chi connectivity index (χ0) is 18.3. The van der Waals surface area contributed by atoms with Crippen molar-refractivity contribution in [2.45, 2.75) is 30.6 Å². The molecule has 8 heteroatoms. The quantitative estimate of drug-likeness (QED) is 0.716. The van der Waals surface area contributed by atoms with Crippen LogP contribution < -0.4 is 5.32 Å². The number of benzene rings is 1. The number of nitrogens with one attached hydrogen (secondary N) is 2. The number of H-pyrrole nitrogens is 1. The van der Waals surface area contributed by atoms with E-state index < -0.39 is 9.84 Å². The number of aryl methyl sites for hydroxylation is 1. The van der Waals surface area contributed by atoms with E-state index in [0.717, 1.165) is 22.6 Å². The van der Waals surface area contributed by atoms with Crippen LogP contribution in [0.4, 0.5) is 11.6 Å². The number of hydrogen-bond acceptors (Lipinski definition) is 6. The highest BCUT2D eigenvalue weighted by atomic mass is 32.2. The molecule has 1 fully saturated rings. The SMILES string of the molecule is Cc1cnc(-c2ccc(S(C)(=O)=O)cc2)nc1Nc1cc(C2CC2)[nH]n1. The first-order chi connectivity index (χ1) is 12.4. The van der Waals surface area contributed by atoms with Crippen LogP contribution in [-0.2, 0) is 9.84 Å². The van der Waals surface area contributed by atoms with Crippen molar-refractivity contribution in [1.82, 2.24) is 20.2 Å². The lowest BCUT2D eigenvalue weighted by molar-refractivity contribution is 0.602. The second kappa shape index (κ2) is 6.21. The van der Waals surface area contributed by atoms with Crippen molar-refractivity contribution in [1.29, 1.82) is 0 Å². The Morgan fingerprint density at radius 2 is 1.92 bits per heavy atom. The number of nitrogens with zero attached hydrogens (tertiary/aromatic N) is 3. The smallest absolute Gasteiger partial charge is 0.175 e. The summed E-state index contributed by atoms with van der Waals surface area (Å²) < 4.78 is 23.2. The minimum absolute atomic E-state index is 0.274. The third kappa shape index (κ3) is 3.45. The van der Waals surface area contributed by atoms with Gasteiger partial charge in [-0.3, -0.25) is 5.10 Å². The molecular weight excluding hydrogens is 350 g/mol. The average molecular weight is 369 g/mol. The van der Waals surface area contributed by atoms with Crippen molar-refractivity contribution >= 4 is 21.5 Å². The molecule has 2 N–H and O–H groups in total. The molecule has 0 amide bonds. The Bertz CT molecular complexity index is 1050. The lowest BCUT2D eigenvalue weighted by atomic mass is 10.2. The van der Waals surface area contributed by atoms with Gasteiger partial charge >= 0.3 is 0 Å². The topological polar surface area (TPSA) is 101 Å². The van der Waals surface area contributed by atoms with E-state index in [1.54, 1.807) is 30.5 Å². The first kappa shape index (κ1) is 16.7. The molecule has 2 aromatic heterocycles. The predicted octanol–water partition coefficient (Wildman–Crippen LogP) is 3.20. The molecule has 1 aliphatic rings. The molecule has 0 atom stereocenters. The fourth-order valence-corrected chi connectivity index (χ4v) is 3.31. The summed E-state index contributed by atoms with van der Waals surface area (Å²) in [6.45, 7) is 1.92. The normalized spacial score (nSPS) is 14.4. The number of sulfone groups is 1. The van der Waals surface area contributed by atoms with Crippen molar-refractivity contribution in [3.63, 3.8) is 0 Å². The van der Waals surface area contributed by atoms with Crippen molar-refractivity contribution < 1.29 is 8.42 Å². The van der Waals surface area contributed by atoms with E-state index in [4.69, 9.17) is 0 Å². The van der Waals surface area contributed by atoms with E-state index in [2.05, 4.69) is 25.5 Å². The third-order valence-electron chi connectivity index (χ3n) is 4.37. The largest absolute Gasteiger partial charge is 0.323 e. The zero-order valence-corrected chi connectivity index (χ0v) is 15.3. The highest BCUT2D eigenvalue weighted by molar-refractivity contribution is 7.90. The van der Waals surface area contributed by atoms with Crippen LogP contribution >= 0.6 is 0 Å². The Balaban J connectivity index is 1.60. The van der Waals surface area contributed by atoms with E-state index in [9.17, 15) is 8.42 Å². The lowest BCUT2D eigenvalue weighted by Gasteiger charge is -2.08. The number of aromatic amines is 1. The molecule has 134 valence electrons. The molecule has 0 saturated heterocycles. The molecule has 7 nitrogen and oxygen atoms in total. The van der Waals surface area contributed by atoms with Crippen LogP contribution in [0, 0.1) is 6.92 Å². The summed E-state index contributed by atoms with van der Waals surface area (Å²) in [6, 6.07) is 8.57. The van der Waals surface area contributed by atoms with Crippen LogP contribution in [-0.4, -0.2) is 34.8 Å². The van der Waals surface area contributed by atoms with Crippen LogP contribution in [0.1, 0.15) is 30.0 Å². The molecule has 1 aliphatic carbocycles. The van der Waals surface area contributed by atoms with Crippen LogP contribution in [0.25, 0.3) is 11.4 Å². The second-order valence-electron chi connectivity index (χ2n) is 6.63. The average Bonchev–Trinajstić information content (AvgIpc) is 3.36. The molecule has 0 spiro atoms. The van der Waals surface area contributed by atoms with Gasteiger partial charge in [-0.1, -0.05) is 0 Å². The second-order valence-corrected chi connectivity index (χ2v) is 8.65. The fraction of sp³-hybridized carbons (Fsp3) is 0.278. The van der Waals surface area contributed by atoms with E-state index in [0.29, 0.717) is 17.6 Å². The van der Waals surface area contributed by atoms with Gasteiger partial charge in [0, 0.05) is 41.3 Å². The molecule has 3 aromatic rings. The van der Waals surface area contributed by atoms with Gasteiger partial charge in [0.05, 0.1) is 4.90 Å². The summed E-state index contributed by atoms with van der Waals surface area (Å²) >= 11 is 0. The standard InChI is InChI=1S/C18H19N5O2S/c1-11-10-19-18(13-5-7-14(8-6-13)26(2,24)25)21-17(11)20-16-9-15(22-23-16)12-3-4-12/h5-10,12H,3-4H2,1-2H3,(H2,19,20,21,22,23). The van der Waals surface area contributed by atoms with Crippen LogP contribution in [0.3, 0.4) is 0 Å². The number of anilines is 2. The number of hydrogen-bond donors (Lipinski definition) is 2. The van der Waals surface area contributed by atoms with E-state index in [1.165, 1.54) is 19.1 Å². The monoisotopic (exact) mass is 369 g/mol. The summed E-state index contributed by atoms with van der Waals surface area (Å²) in [5, 5.41) is 10.6. The van der Waals surface area contributed by atoms with Gasteiger partial charge in [0.1, 0.15) is 5.82 Å². The van der Waals surface area contributed by atoms with Crippen LogP contribution in [0.2, 0.25) is 0 Å². The minimum atomic E-state index is -3.22. The van der Waals surface area contributed by atoms with E-state index >= 15 is 0 Å². The fourth-order valence-electron chi connectivity index (χ4n) is 2.68. The highest BCUT2D eigenvalue weighted by Gasteiger charge is 2.25. The molecule has 4 rings (SSSR count). The predicted molar refractivity (Wildman–Crippen MR) is 99.2 cm³/mol. The third-order valence-corrected chi connectivity index (χ3v) is 5.50. The van der Waals surface area contributed by atoms with Gasteiger partial charge in [-0.2, -0.15) is 5.10 Å². The summed E-state index contributed by atoms with van der Waals surface area (Å²) in [5.41, 5.74) is 2.80. The number of aromatic nitrogens is 4. The Morgan fingerprint density at radius 1 is 1.19 bits per heavy atom. The Kier molecular flexibility index (Phi) is 3.99. The Labute approximate surface area is 151 Å². The van der Waals surface area contributed by atoms with E-state index in [-0.39, 0.29) is 4.90 Å². The summed E-state index contributed by atoms with van der Waals surface area (Å²) in [4.78, 5) is 9.21. The summed E-state index contributed by atoms with van der Waals surface area (Å²) in [7, 11) is -3.22. The van der Waals surface area contributed by atoms with Gasteiger partial charge in [0.25, 0.3) is 0 Å². The minimum Gasteiger partial charge on any atom is -0.323 e. The summed E-state index contributed by atoms with van der Waals surface area (Å²) in [5.74, 6) is 2.53. The molecule has 0 bridgehead atoms. The number of rotatable bonds is 5. The van der Waals surface area contributed by atoms with Crippen molar-refractivity contribution in [2.24, 2.45) is 0 Å². The molecule has 1 saturated carbocycles. The molecule has 0 radical (unpaired) electrons. The van der Waals surface area contributed by atoms with Gasteiger partial charge in [-0.15, -0.1) is 0 Å². The van der Waals surface area contributed by atoms with Gasteiger partial charge in [0.2, 0.25) is 0 Å². The molecule has 0 unspecified atom stereocenters. The van der Waals surface area contributed by atoms with Crippen molar-refractivity contribution in [3.05, 3.63) is 47.8 Å². The summed E-state index contributed by atoms with van der Waals surface area (Å²) in [6.07, 6.45) is 5.35. The zero-order valence-electron chi connectivity index (χ0n) is 14.5. The van der Waals surface area contributed by atoms with Crippen molar-refractivity contribution in [3.8, 4) is 11.4 Å². The maximum atomic E-state index is 11.6. The highest BCUT2D eigenvalue weighted by Crippen LogP contribution is 2.39. The molecular formula is C18H19N5O2S. The first-order valence-corrected chi connectivity index (χ1v) is 10.3. The van der Waals surface area contributed by atoms with Gasteiger partial charge in [-0.05, 0) is 44.0 Å². The maximum Gasteiger partial charge on any atom is 0.175 e. The first-order valence-electron chi connectivity index (χ1n) is 8.36. The van der Waals surface area contributed by atoms with E-state index in [1.807, 2.05) is 13.0 Å². The van der Waals surface area contributed by atoms with Crippen LogP contribution in [0.5, 0.6) is 0 Å². The molecule has 2 heterocycles. The molecule has 0 aliphatic heterocycles. The Hall–Kier alpha value is -2.74. The Morgan fingerprint density at radius 3 is 2.58 bits per heavy atom. The maximum absolute atomic E-state index is 11.6. The van der Waals surface area contributed by atoms with Gasteiger partial charge in [0.15, 0.2) is 21.5 Å². The van der Waals surface area contributed by atoms with Crippen molar-refractivity contribution in [2.75, 3.05) is 11.6 Å². The van der Waals surface area contributed by atoms with Gasteiger partial charge < -0.3 is 5.32 Å². The van der Waals surface area contributed by atoms with Crippen LogP contribution in [0.15, 0.2) is 41.4 Å². The van der Waals surface area contributed by atoms with Gasteiger partial charge in [-0.25, -0.2) is 18.4 Å².